The minimum Gasteiger partial charge on any atom is -0.392 e. The van der Waals surface area contributed by atoms with E-state index in [1.807, 2.05) is 62.3 Å². The van der Waals surface area contributed by atoms with Gasteiger partial charge < -0.3 is 5.11 Å². The molecule has 0 aliphatic carbocycles. The zero-order valence-corrected chi connectivity index (χ0v) is 13.0. The molecular formula is C15H30O2. The summed E-state index contributed by atoms with van der Waals surface area (Å²) in [6, 6.07) is 0. The van der Waals surface area contributed by atoms with Crippen LogP contribution in [0, 0.1) is 22.2 Å². The van der Waals surface area contributed by atoms with Gasteiger partial charge in [0.2, 0.25) is 0 Å². The fourth-order valence-corrected chi connectivity index (χ4v) is 1.98. The van der Waals surface area contributed by atoms with Crippen LogP contribution in [0.15, 0.2) is 0 Å². The molecule has 0 aliphatic rings. The van der Waals surface area contributed by atoms with Crippen LogP contribution in [0.4, 0.5) is 0 Å². The number of aliphatic hydroxyl groups is 1. The van der Waals surface area contributed by atoms with Crippen LogP contribution in [-0.4, -0.2) is 17.0 Å². The molecule has 0 aliphatic heterocycles. The van der Waals surface area contributed by atoms with E-state index < -0.39 is 11.5 Å². The number of carbonyl (C=O) groups is 1. The van der Waals surface area contributed by atoms with Crippen LogP contribution in [0.3, 0.4) is 0 Å². The van der Waals surface area contributed by atoms with Gasteiger partial charge in [-0.25, -0.2) is 0 Å². The van der Waals surface area contributed by atoms with E-state index in [0.717, 1.165) is 0 Å². The van der Waals surface area contributed by atoms with E-state index in [1.54, 1.807) is 0 Å². The molecule has 0 rings (SSSR count). The number of ketones is 1. The monoisotopic (exact) mass is 242 g/mol. The number of Topliss-reactive ketones (excluding diaryl/α,β-unsaturated/α-hetero) is 1. The van der Waals surface area contributed by atoms with Gasteiger partial charge in [0.1, 0.15) is 5.78 Å². The van der Waals surface area contributed by atoms with Crippen LogP contribution >= 0.6 is 0 Å². The summed E-state index contributed by atoms with van der Waals surface area (Å²) in [6.07, 6.45) is -0.616. The summed E-state index contributed by atoms with van der Waals surface area (Å²) >= 11 is 0. The van der Waals surface area contributed by atoms with Gasteiger partial charge in [0.15, 0.2) is 0 Å². The molecule has 0 spiro atoms. The van der Waals surface area contributed by atoms with Crippen molar-refractivity contribution in [1.29, 1.82) is 0 Å². The lowest BCUT2D eigenvalue weighted by Gasteiger charge is -2.42. The van der Waals surface area contributed by atoms with Gasteiger partial charge in [0.25, 0.3) is 0 Å². The fourth-order valence-electron chi connectivity index (χ4n) is 1.98. The molecule has 0 aromatic heterocycles. The molecule has 0 aromatic rings. The first-order valence-corrected chi connectivity index (χ1v) is 6.41. The molecule has 17 heavy (non-hydrogen) atoms. The average molecular weight is 242 g/mol. The van der Waals surface area contributed by atoms with Crippen LogP contribution in [-0.2, 0) is 4.79 Å². The summed E-state index contributed by atoms with van der Waals surface area (Å²) in [5.74, 6) is -0.185. The third kappa shape index (κ3) is 4.42. The largest absolute Gasteiger partial charge is 0.392 e. The van der Waals surface area contributed by atoms with Crippen LogP contribution in [0.25, 0.3) is 0 Å². The topological polar surface area (TPSA) is 37.3 Å². The number of hydrogen-bond donors (Lipinski definition) is 1. The predicted octanol–water partition coefficient (Wildman–Crippen LogP) is 3.67. The van der Waals surface area contributed by atoms with Gasteiger partial charge in [-0.05, 0) is 10.8 Å². The van der Waals surface area contributed by atoms with Crippen LogP contribution < -0.4 is 0 Å². The van der Waals surface area contributed by atoms with Crippen molar-refractivity contribution >= 4 is 5.78 Å². The summed E-state index contributed by atoms with van der Waals surface area (Å²) in [5, 5.41) is 10.5. The molecule has 0 amide bonds. The van der Waals surface area contributed by atoms with Crippen molar-refractivity contribution in [2.75, 3.05) is 0 Å². The first-order valence-electron chi connectivity index (χ1n) is 6.41. The van der Waals surface area contributed by atoms with Gasteiger partial charge in [-0.2, -0.15) is 0 Å². The standard InChI is InChI=1S/C15H30O2/c1-13(2,3)10(11(16)14(4,5)6)12(17)15(7,8)9/h10-11,16H,1-9H3/t10-,11-/m0/s1. The number of carbonyl (C=O) groups excluding carboxylic acids is 1. The molecule has 0 heterocycles. The van der Waals surface area contributed by atoms with Crippen molar-refractivity contribution in [2.45, 2.75) is 68.4 Å². The van der Waals surface area contributed by atoms with Crippen molar-refractivity contribution in [3.8, 4) is 0 Å². The molecule has 1 N–H and O–H groups in total. The first-order chi connectivity index (χ1) is 7.19. The maximum atomic E-state index is 12.5. The lowest BCUT2D eigenvalue weighted by atomic mass is 9.64. The second kappa shape index (κ2) is 4.72. The summed E-state index contributed by atoms with van der Waals surface area (Å²) < 4.78 is 0. The summed E-state index contributed by atoms with van der Waals surface area (Å²) in [6.45, 7) is 17.8. The highest BCUT2D eigenvalue weighted by Crippen LogP contribution is 2.40. The Bertz CT molecular complexity index is 271. The number of aliphatic hydroxyl groups excluding tert-OH is 1. The maximum Gasteiger partial charge on any atom is 0.144 e. The molecule has 2 nitrogen and oxygen atoms in total. The van der Waals surface area contributed by atoms with E-state index in [1.165, 1.54) is 0 Å². The second-order valence-electron chi connectivity index (χ2n) is 8.27. The van der Waals surface area contributed by atoms with E-state index in [2.05, 4.69) is 0 Å². The molecule has 0 bridgehead atoms. The first kappa shape index (κ1) is 16.6. The van der Waals surface area contributed by atoms with E-state index in [4.69, 9.17) is 0 Å². The molecule has 0 saturated heterocycles. The van der Waals surface area contributed by atoms with Crippen LogP contribution in [0.5, 0.6) is 0 Å². The minimum absolute atomic E-state index is 0.146. The highest BCUT2D eigenvalue weighted by atomic mass is 16.3. The van der Waals surface area contributed by atoms with E-state index in [0.29, 0.717) is 0 Å². The Hall–Kier alpha value is -0.370. The summed E-state index contributed by atoms with van der Waals surface area (Å²) in [7, 11) is 0. The summed E-state index contributed by atoms with van der Waals surface area (Å²) in [4.78, 5) is 12.5. The van der Waals surface area contributed by atoms with Crippen LogP contribution in [0.1, 0.15) is 62.3 Å². The molecule has 2 heteroatoms. The van der Waals surface area contributed by atoms with Gasteiger partial charge >= 0.3 is 0 Å². The Balaban J connectivity index is 5.41. The maximum absolute atomic E-state index is 12.5. The average Bonchev–Trinajstić information content (AvgIpc) is 1.97. The predicted molar refractivity (Wildman–Crippen MR) is 72.9 cm³/mol. The third-order valence-electron chi connectivity index (χ3n) is 3.16. The van der Waals surface area contributed by atoms with Gasteiger partial charge in [-0.1, -0.05) is 62.3 Å². The molecule has 0 aromatic carbocycles. The Morgan fingerprint density at radius 1 is 0.824 bits per heavy atom. The molecular weight excluding hydrogens is 212 g/mol. The smallest absolute Gasteiger partial charge is 0.144 e. The lowest BCUT2D eigenvalue weighted by molar-refractivity contribution is -0.143. The zero-order chi connectivity index (χ0) is 14.2. The van der Waals surface area contributed by atoms with E-state index >= 15 is 0 Å². The SMILES string of the molecule is CC(C)(C)C(=O)[C@H]([C@H](O)C(C)(C)C)C(C)(C)C. The Kier molecular flexibility index (Phi) is 4.61. The Morgan fingerprint density at radius 2 is 1.18 bits per heavy atom. The normalized spacial score (nSPS) is 17.8. The molecule has 2 atom stereocenters. The van der Waals surface area contributed by atoms with E-state index in [-0.39, 0.29) is 22.5 Å². The van der Waals surface area contributed by atoms with E-state index in [9.17, 15) is 9.90 Å². The Labute approximate surface area is 107 Å². The second-order valence-corrected chi connectivity index (χ2v) is 8.27. The van der Waals surface area contributed by atoms with Gasteiger partial charge in [0, 0.05) is 11.3 Å². The molecule has 0 fully saturated rings. The van der Waals surface area contributed by atoms with Crippen molar-refractivity contribution in [2.24, 2.45) is 22.2 Å². The summed E-state index contributed by atoms with van der Waals surface area (Å²) in [5.41, 5.74) is -0.917. The lowest BCUT2D eigenvalue weighted by Crippen LogP contribution is -2.48. The molecule has 0 radical (unpaired) electrons. The number of hydrogen-bond acceptors (Lipinski definition) is 2. The highest BCUT2D eigenvalue weighted by molar-refractivity contribution is 5.87. The number of rotatable bonds is 2. The van der Waals surface area contributed by atoms with Crippen molar-refractivity contribution in [1.82, 2.24) is 0 Å². The van der Waals surface area contributed by atoms with Gasteiger partial charge in [0.05, 0.1) is 6.10 Å². The van der Waals surface area contributed by atoms with Crippen molar-refractivity contribution in [3.05, 3.63) is 0 Å². The molecule has 102 valence electrons. The highest BCUT2D eigenvalue weighted by Gasteiger charge is 2.45. The third-order valence-corrected chi connectivity index (χ3v) is 3.16. The minimum atomic E-state index is -0.616. The quantitative estimate of drug-likeness (QED) is 0.802. The van der Waals surface area contributed by atoms with Crippen molar-refractivity contribution in [3.63, 3.8) is 0 Å². The molecule has 0 saturated carbocycles. The van der Waals surface area contributed by atoms with Gasteiger partial charge in [-0.15, -0.1) is 0 Å². The van der Waals surface area contributed by atoms with Crippen LogP contribution in [0.2, 0.25) is 0 Å². The van der Waals surface area contributed by atoms with Gasteiger partial charge in [-0.3, -0.25) is 4.79 Å². The molecule has 0 unspecified atom stereocenters. The zero-order valence-electron chi connectivity index (χ0n) is 13.0. The fraction of sp³-hybridized carbons (Fsp3) is 0.933. The van der Waals surface area contributed by atoms with Crippen molar-refractivity contribution < 1.29 is 9.90 Å². The Morgan fingerprint density at radius 3 is 1.35 bits per heavy atom.